The average molecular weight is 811 g/mol. The van der Waals surface area contributed by atoms with Crippen LogP contribution in [0.4, 0.5) is 0 Å². The molecule has 10 heteroatoms. The first-order chi connectivity index (χ1) is 24.4. The molecule has 0 amide bonds. The molecule has 3 unspecified atom stereocenters. The molecule has 0 aromatic rings. The second-order valence-corrected chi connectivity index (χ2v) is 20.6. The molecular formula is C42H90AlO6P3. The molecule has 0 N–H and O–H groups in total. The Kier molecular flexibility index (Phi) is 46.3. The fraction of sp³-hybridized carbons (Fsp3) is 1.00. The minimum atomic E-state index is -2.66. The molecule has 0 rings (SSSR count). The van der Waals surface area contributed by atoms with Crippen molar-refractivity contribution in [3.63, 3.8) is 0 Å². The van der Waals surface area contributed by atoms with E-state index in [1.165, 1.54) is 0 Å². The van der Waals surface area contributed by atoms with Crippen molar-refractivity contribution in [2.24, 2.45) is 0 Å². The molecule has 0 spiro atoms. The first-order valence-electron chi connectivity index (χ1n) is 22.0. The number of rotatable bonds is 33. The normalized spacial score (nSPS) is 13.6. The number of unbranched alkanes of at least 4 members (excludes halogenated alkanes) is 12. The summed E-state index contributed by atoms with van der Waals surface area (Å²) < 4.78 is 35.1. The minimum Gasteiger partial charge on any atom is -0.801 e. The zero-order valence-corrected chi connectivity index (χ0v) is 40.4. The predicted molar refractivity (Wildman–Crippen MR) is 231 cm³/mol. The Morgan fingerprint density at radius 1 is 0.288 bits per heavy atom. The van der Waals surface area contributed by atoms with Gasteiger partial charge >= 0.3 is 17.4 Å². The van der Waals surface area contributed by atoms with E-state index in [0.717, 1.165) is 193 Å². The van der Waals surface area contributed by atoms with E-state index >= 15 is 0 Å². The van der Waals surface area contributed by atoms with E-state index in [9.17, 15) is 28.4 Å². The fourth-order valence-electron chi connectivity index (χ4n) is 7.27. The second kappa shape index (κ2) is 40.3. The summed E-state index contributed by atoms with van der Waals surface area (Å²) in [5.74, 6) is 0. The van der Waals surface area contributed by atoms with E-state index in [1.807, 2.05) is 0 Å². The number of hydrogen-bond acceptors (Lipinski definition) is 6. The van der Waals surface area contributed by atoms with Crippen LogP contribution in [0.15, 0.2) is 0 Å². The van der Waals surface area contributed by atoms with Crippen molar-refractivity contribution in [3.05, 3.63) is 0 Å². The van der Waals surface area contributed by atoms with Gasteiger partial charge in [0, 0.05) is 39.6 Å². The molecule has 0 aromatic carbocycles. The third-order valence-electron chi connectivity index (χ3n) is 11.1. The molecule has 0 aromatic heterocycles. The van der Waals surface area contributed by atoms with E-state index in [4.69, 9.17) is 0 Å². The monoisotopic (exact) mass is 811 g/mol. The van der Waals surface area contributed by atoms with Gasteiger partial charge in [-0.15, -0.1) is 0 Å². The Morgan fingerprint density at radius 3 is 0.538 bits per heavy atom. The van der Waals surface area contributed by atoms with E-state index < -0.39 is 24.1 Å². The Hall–Kier alpha value is 1.10. The molecule has 52 heavy (non-hydrogen) atoms. The van der Waals surface area contributed by atoms with Crippen LogP contribution >= 0.6 is 24.1 Å². The predicted octanol–water partition coefficient (Wildman–Crippen LogP) is 13.2. The van der Waals surface area contributed by atoms with Gasteiger partial charge in [0.05, 0.1) is 0 Å². The molecule has 0 bridgehead atoms. The Balaban J connectivity index is -0.000000329. The van der Waals surface area contributed by atoms with Crippen LogP contribution in [-0.4, -0.2) is 32.8 Å². The topological polar surface area (TPSA) is 120 Å². The van der Waals surface area contributed by atoms with Crippen LogP contribution in [-0.2, 0) is 13.7 Å². The van der Waals surface area contributed by atoms with Crippen LogP contribution in [0.5, 0.6) is 0 Å². The zero-order valence-electron chi connectivity index (χ0n) is 36.2. The van der Waals surface area contributed by atoms with Gasteiger partial charge in [-0.1, -0.05) is 197 Å². The molecule has 0 aliphatic carbocycles. The van der Waals surface area contributed by atoms with Gasteiger partial charge in [-0.3, -0.25) is 0 Å². The maximum absolute atomic E-state index is 11.7. The first kappa shape index (κ1) is 59.8. The van der Waals surface area contributed by atoms with Crippen molar-refractivity contribution < 1.29 is 28.4 Å². The van der Waals surface area contributed by atoms with Gasteiger partial charge in [0.2, 0.25) is 0 Å². The standard InChI is InChI=1S/3C14H31O2P.Al/c3*1-4-7-10-13-14(17(15)16,11-8-5-2)12-9-6-3;/h3*17H,4-13H2,1-3H3,(H,15,16);/q;;;+3/p-3. The van der Waals surface area contributed by atoms with Gasteiger partial charge in [0.1, 0.15) is 0 Å². The summed E-state index contributed by atoms with van der Waals surface area (Å²) in [5.41, 5.74) is 0. The molecule has 0 fully saturated rings. The van der Waals surface area contributed by atoms with Crippen LogP contribution in [0.1, 0.15) is 255 Å². The SMILES string of the molecule is CCCCCC(CCCC)(CCCC)[PH](=O)[O-].CCCCCC(CCCC)(CCCC)[PH](=O)[O-].CCCCCC(CCCC)(CCCC)[PH](=O)[O-].[Al+3]. The molecule has 0 saturated carbocycles. The maximum Gasteiger partial charge on any atom is 3.00 e. The molecule has 0 aliphatic heterocycles. The summed E-state index contributed by atoms with van der Waals surface area (Å²) in [6, 6.07) is 0. The molecule has 6 nitrogen and oxygen atoms in total. The summed E-state index contributed by atoms with van der Waals surface area (Å²) in [5, 5.41) is -1.07. The van der Waals surface area contributed by atoms with E-state index in [2.05, 4.69) is 62.3 Å². The molecule has 312 valence electrons. The second-order valence-electron chi connectivity index (χ2n) is 15.7. The summed E-state index contributed by atoms with van der Waals surface area (Å²) in [4.78, 5) is 35.1. The van der Waals surface area contributed by atoms with Crippen LogP contribution < -0.4 is 14.7 Å². The zero-order chi connectivity index (χ0) is 39.4. The van der Waals surface area contributed by atoms with Gasteiger partial charge in [0.15, 0.2) is 0 Å². The molecule has 0 radical (unpaired) electrons. The average Bonchev–Trinajstić information content (AvgIpc) is 3.11. The van der Waals surface area contributed by atoms with Crippen LogP contribution in [0.3, 0.4) is 0 Å². The molecule has 0 saturated heterocycles. The first-order valence-corrected chi connectivity index (χ1v) is 26.0. The number of hydrogen-bond donors (Lipinski definition) is 0. The molecule has 3 atom stereocenters. The van der Waals surface area contributed by atoms with E-state index in [0.29, 0.717) is 0 Å². The summed E-state index contributed by atoms with van der Waals surface area (Å²) >= 11 is 0. The quantitative estimate of drug-likeness (QED) is 0.0370. The fourth-order valence-corrected chi connectivity index (χ4v) is 10.7. The summed E-state index contributed by atoms with van der Waals surface area (Å²) in [7, 11) is -7.97. The smallest absolute Gasteiger partial charge is 0.801 e. The molecule has 0 aliphatic rings. The van der Waals surface area contributed by atoms with Gasteiger partial charge in [0.25, 0.3) is 0 Å². The van der Waals surface area contributed by atoms with Gasteiger partial charge in [-0.25, -0.2) is 0 Å². The van der Waals surface area contributed by atoms with Crippen LogP contribution in [0.25, 0.3) is 0 Å². The molecular weight excluding hydrogens is 720 g/mol. The maximum atomic E-state index is 11.7. The minimum absolute atomic E-state index is 0. The third kappa shape index (κ3) is 28.5. The van der Waals surface area contributed by atoms with Gasteiger partial charge < -0.3 is 28.4 Å². The van der Waals surface area contributed by atoms with Gasteiger partial charge in [-0.2, -0.15) is 0 Å². The van der Waals surface area contributed by atoms with Crippen molar-refractivity contribution in [3.8, 4) is 0 Å². The largest absolute Gasteiger partial charge is 3.00 e. The van der Waals surface area contributed by atoms with Crippen molar-refractivity contribution in [1.82, 2.24) is 0 Å². The van der Waals surface area contributed by atoms with Crippen molar-refractivity contribution in [2.45, 2.75) is 270 Å². The van der Waals surface area contributed by atoms with E-state index in [-0.39, 0.29) is 32.8 Å². The Labute approximate surface area is 338 Å². The Bertz CT molecular complexity index is 701. The van der Waals surface area contributed by atoms with Crippen LogP contribution in [0, 0.1) is 0 Å². The van der Waals surface area contributed by atoms with Crippen LogP contribution in [0.2, 0.25) is 0 Å². The van der Waals surface area contributed by atoms with E-state index in [1.54, 1.807) is 0 Å². The van der Waals surface area contributed by atoms with Crippen molar-refractivity contribution >= 4 is 41.4 Å². The molecule has 0 heterocycles. The van der Waals surface area contributed by atoms with Crippen molar-refractivity contribution in [2.75, 3.05) is 0 Å². The summed E-state index contributed by atoms with van der Waals surface area (Å²) in [6.07, 6.45) is 31.0. The van der Waals surface area contributed by atoms with Gasteiger partial charge in [-0.05, 0) is 57.8 Å². The van der Waals surface area contributed by atoms with Crippen molar-refractivity contribution in [1.29, 1.82) is 0 Å². The summed E-state index contributed by atoms with van der Waals surface area (Å²) in [6.45, 7) is 19.3. The Morgan fingerprint density at radius 2 is 0.423 bits per heavy atom. The third-order valence-corrected chi connectivity index (χ3v) is 16.0.